The van der Waals surface area contributed by atoms with Gasteiger partial charge in [0.1, 0.15) is 11.5 Å². The zero-order valence-corrected chi connectivity index (χ0v) is 18.7. The van der Waals surface area contributed by atoms with E-state index >= 15 is 0 Å². The van der Waals surface area contributed by atoms with E-state index in [0.717, 1.165) is 42.5 Å². The molecule has 0 radical (unpaired) electrons. The first-order chi connectivity index (χ1) is 15.1. The number of pyridine rings is 1. The molecule has 0 bridgehead atoms. The monoisotopic (exact) mass is 417 g/mol. The first-order valence-electron chi connectivity index (χ1n) is 11.0. The van der Waals surface area contributed by atoms with Crippen LogP contribution in [-0.2, 0) is 17.6 Å². The highest BCUT2D eigenvalue weighted by molar-refractivity contribution is 5.81. The van der Waals surface area contributed by atoms with Crippen molar-refractivity contribution in [2.45, 2.75) is 58.3 Å². The fraction of sp³-hybridized carbons (Fsp3) is 0.385. The Balaban J connectivity index is 1.82. The normalized spacial score (nSPS) is 11.8. The third-order valence-corrected chi connectivity index (χ3v) is 5.42. The van der Waals surface area contributed by atoms with Gasteiger partial charge < -0.3 is 4.74 Å². The van der Waals surface area contributed by atoms with Gasteiger partial charge in [0.05, 0.1) is 7.11 Å². The van der Waals surface area contributed by atoms with Crippen LogP contribution in [-0.4, -0.2) is 27.8 Å². The second kappa shape index (κ2) is 11.3. The van der Waals surface area contributed by atoms with E-state index in [4.69, 9.17) is 9.72 Å². The van der Waals surface area contributed by atoms with Crippen LogP contribution in [0, 0.1) is 0 Å². The van der Waals surface area contributed by atoms with Crippen LogP contribution in [0.15, 0.2) is 55.0 Å². The highest BCUT2D eigenvalue weighted by atomic mass is 16.5. The van der Waals surface area contributed by atoms with Crippen molar-refractivity contribution in [3.8, 4) is 17.1 Å². The molecule has 162 valence electrons. The number of hydrogen-bond acceptors (Lipinski definition) is 5. The zero-order chi connectivity index (χ0) is 22.1. The van der Waals surface area contributed by atoms with E-state index in [1.165, 1.54) is 5.56 Å². The summed E-state index contributed by atoms with van der Waals surface area (Å²) in [7, 11) is 1.63. The fourth-order valence-corrected chi connectivity index (χ4v) is 3.86. The number of carbonyl (C=O) groups is 1. The minimum absolute atomic E-state index is 0.226. The summed E-state index contributed by atoms with van der Waals surface area (Å²) in [4.78, 5) is 25.7. The Morgan fingerprint density at radius 1 is 1.10 bits per heavy atom. The molecule has 31 heavy (non-hydrogen) atoms. The molecule has 0 aliphatic heterocycles. The number of rotatable bonds is 11. The smallest absolute Gasteiger partial charge is 0.159 e. The molecule has 0 aliphatic carbocycles. The molecular weight excluding hydrogens is 386 g/mol. The van der Waals surface area contributed by atoms with Crippen molar-refractivity contribution in [2.24, 2.45) is 0 Å². The van der Waals surface area contributed by atoms with Crippen molar-refractivity contribution in [1.82, 2.24) is 15.0 Å². The Labute approximate surface area is 184 Å². The summed E-state index contributed by atoms with van der Waals surface area (Å²) in [6, 6.07) is 12.0. The number of ketones is 1. The SMILES string of the molecule is CCCC(=O)Cc1ccc(-c2nccc(C[C@@H](CCC)c3cccnc3)n2)cc1OC. The van der Waals surface area contributed by atoms with Crippen LogP contribution in [0.2, 0.25) is 0 Å². The van der Waals surface area contributed by atoms with Gasteiger partial charge in [-0.25, -0.2) is 9.97 Å². The molecule has 2 heterocycles. The molecule has 5 nitrogen and oxygen atoms in total. The predicted molar refractivity (Wildman–Crippen MR) is 123 cm³/mol. The lowest BCUT2D eigenvalue weighted by molar-refractivity contribution is -0.118. The number of Topliss-reactive ketones (excluding diaryl/α,β-unsaturated/α-hetero) is 1. The highest BCUT2D eigenvalue weighted by Crippen LogP contribution is 2.28. The highest BCUT2D eigenvalue weighted by Gasteiger charge is 2.15. The summed E-state index contributed by atoms with van der Waals surface area (Å²) in [6.07, 6.45) is 10.4. The molecule has 0 N–H and O–H groups in total. The molecule has 0 unspecified atom stereocenters. The second-order valence-corrected chi connectivity index (χ2v) is 7.84. The Kier molecular flexibility index (Phi) is 8.27. The number of benzene rings is 1. The third-order valence-electron chi connectivity index (χ3n) is 5.42. The van der Waals surface area contributed by atoms with Crippen molar-refractivity contribution in [3.05, 3.63) is 71.8 Å². The molecular formula is C26H31N3O2. The Bertz CT molecular complexity index is 989. The number of aromatic nitrogens is 3. The van der Waals surface area contributed by atoms with E-state index in [2.05, 4.69) is 23.0 Å². The first-order valence-corrected chi connectivity index (χ1v) is 11.0. The summed E-state index contributed by atoms with van der Waals surface area (Å²) in [5.41, 5.74) is 4.04. The molecule has 0 spiro atoms. The van der Waals surface area contributed by atoms with Crippen molar-refractivity contribution >= 4 is 5.78 Å². The fourth-order valence-electron chi connectivity index (χ4n) is 3.86. The summed E-state index contributed by atoms with van der Waals surface area (Å²) < 4.78 is 5.56. The number of nitrogens with zero attached hydrogens (tertiary/aromatic N) is 3. The molecule has 3 rings (SSSR count). The molecule has 0 aliphatic rings. The Morgan fingerprint density at radius 3 is 2.68 bits per heavy atom. The van der Waals surface area contributed by atoms with E-state index < -0.39 is 0 Å². The molecule has 0 saturated carbocycles. The molecule has 2 aromatic heterocycles. The molecule has 5 heteroatoms. The standard InChI is InChI=1S/C26H31N3O2/c1-4-7-19(22-9-6-13-27-18-22)15-23-12-14-28-26(29-23)21-11-10-20(25(17-21)31-3)16-24(30)8-5-2/h6,9-14,17-19H,4-5,7-8,15-16H2,1-3H3/t19-/m1/s1. The van der Waals surface area contributed by atoms with Crippen LogP contribution in [0.1, 0.15) is 62.3 Å². The van der Waals surface area contributed by atoms with Crippen molar-refractivity contribution < 1.29 is 9.53 Å². The predicted octanol–water partition coefficient (Wildman–Crippen LogP) is 5.59. The zero-order valence-electron chi connectivity index (χ0n) is 18.7. The van der Waals surface area contributed by atoms with Gasteiger partial charge in [0, 0.05) is 48.3 Å². The van der Waals surface area contributed by atoms with Crippen molar-refractivity contribution in [3.63, 3.8) is 0 Å². The number of methoxy groups -OCH3 is 1. The maximum atomic E-state index is 12.1. The minimum Gasteiger partial charge on any atom is -0.496 e. The van der Waals surface area contributed by atoms with Crippen LogP contribution < -0.4 is 4.74 Å². The van der Waals surface area contributed by atoms with Gasteiger partial charge >= 0.3 is 0 Å². The topological polar surface area (TPSA) is 65.0 Å². The number of hydrogen-bond donors (Lipinski definition) is 0. The number of ether oxygens (including phenoxy) is 1. The van der Waals surface area contributed by atoms with Gasteiger partial charge in [-0.2, -0.15) is 0 Å². The Hall–Kier alpha value is -3.08. The molecule has 0 fully saturated rings. The second-order valence-electron chi connectivity index (χ2n) is 7.84. The summed E-state index contributed by atoms with van der Waals surface area (Å²) >= 11 is 0. The largest absolute Gasteiger partial charge is 0.496 e. The van der Waals surface area contributed by atoms with Crippen LogP contribution in [0.3, 0.4) is 0 Å². The van der Waals surface area contributed by atoms with Crippen LogP contribution in [0.4, 0.5) is 0 Å². The quantitative estimate of drug-likeness (QED) is 0.407. The lowest BCUT2D eigenvalue weighted by Gasteiger charge is -2.16. The van der Waals surface area contributed by atoms with Gasteiger partial charge in [0.15, 0.2) is 5.82 Å². The van der Waals surface area contributed by atoms with E-state index in [0.29, 0.717) is 30.3 Å². The minimum atomic E-state index is 0.226. The number of carbonyl (C=O) groups excluding carboxylic acids is 1. The Morgan fingerprint density at radius 2 is 1.97 bits per heavy atom. The molecule has 0 amide bonds. The lowest BCUT2D eigenvalue weighted by atomic mass is 9.91. The van der Waals surface area contributed by atoms with E-state index in [9.17, 15) is 4.79 Å². The molecule has 3 aromatic rings. The summed E-state index contributed by atoms with van der Waals surface area (Å²) in [5, 5.41) is 0. The lowest BCUT2D eigenvalue weighted by Crippen LogP contribution is -2.06. The molecule has 1 aromatic carbocycles. The van der Waals surface area contributed by atoms with Gasteiger partial charge in [-0.3, -0.25) is 9.78 Å². The van der Waals surface area contributed by atoms with Gasteiger partial charge in [-0.1, -0.05) is 38.5 Å². The van der Waals surface area contributed by atoms with E-state index in [-0.39, 0.29) is 5.78 Å². The van der Waals surface area contributed by atoms with Crippen molar-refractivity contribution in [1.29, 1.82) is 0 Å². The van der Waals surface area contributed by atoms with Gasteiger partial charge in [-0.15, -0.1) is 0 Å². The molecule has 1 atom stereocenters. The van der Waals surface area contributed by atoms with E-state index in [1.54, 1.807) is 7.11 Å². The van der Waals surface area contributed by atoms with Crippen LogP contribution >= 0.6 is 0 Å². The van der Waals surface area contributed by atoms with Gasteiger partial charge in [0.25, 0.3) is 0 Å². The van der Waals surface area contributed by atoms with Crippen LogP contribution in [0.5, 0.6) is 5.75 Å². The summed E-state index contributed by atoms with van der Waals surface area (Å²) in [5.74, 6) is 1.98. The maximum Gasteiger partial charge on any atom is 0.159 e. The summed E-state index contributed by atoms with van der Waals surface area (Å²) in [6.45, 7) is 4.22. The third kappa shape index (κ3) is 6.20. The van der Waals surface area contributed by atoms with Gasteiger partial charge in [0.2, 0.25) is 0 Å². The molecule has 0 saturated heterocycles. The van der Waals surface area contributed by atoms with Crippen LogP contribution in [0.25, 0.3) is 11.4 Å². The van der Waals surface area contributed by atoms with Crippen molar-refractivity contribution in [2.75, 3.05) is 7.11 Å². The first kappa shape index (κ1) is 22.6. The average molecular weight is 418 g/mol. The average Bonchev–Trinajstić information content (AvgIpc) is 2.80. The maximum absolute atomic E-state index is 12.1. The van der Waals surface area contributed by atoms with E-state index in [1.807, 2.05) is 55.8 Å². The van der Waals surface area contributed by atoms with Gasteiger partial charge in [-0.05, 0) is 48.9 Å².